The zero-order valence-electron chi connectivity index (χ0n) is 16.3. The van der Waals surface area contributed by atoms with E-state index in [2.05, 4.69) is 23.3 Å². The second kappa shape index (κ2) is 10.3. The van der Waals surface area contributed by atoms with Crippen LogP contribution in [0.25, 0.3) is 0 Å². The molecular weight excluding hydrogens is 350 g/mol. The van der Waals surface area contributed by atoms with Crippen LogP contribution in [-0.4, -0.2) is 28.6 Å². The largest absolute Gasteiger partial charge is 0.493 e. The van der Waals surface area contributed by atoms with Gasteiger partial charge in [-0.3, -0.25) is 4.79 Å². The molecule has 1 heterocycles. The molecule has 5 nitrogen and oxygen atoms in total. The summed E-state index contributed by atoms with van der Waals surface area (Å²) in [4.78, 5) is 16.4. The first-order chi connectivity index (χ1) is 13.8. The van der Waals surface area contributed by atoms with E-state index >= 15 is 0 Å². The Bertz CT molecular complexity index is 858. The van der Waals surface area contributed by atoms with Gasteiger partial charge in [0.05, 0.1) is 12.9 Å². The molecule has 3 rings (SSSR count). The molecule has 2 aromatic carbocycles. The molecule has 0 unspecified atom stereocenters. The number of benzene rings is 2. The van der Waals surface area contributed by atoms with Gasteiger partial charge in [0.2, 0.25) is 0 Å². The summed E-state index contributed by atoms with van der Waals surface area (Å²) < 4.78 is 7.79. The van der Waals surface area contributed by atoms with Gasteiger partial charge in [-0.15, -0.1) is 0 Å². The van der Waals surface area contributed by atoms with E-state index < -0.39 is 0 Å². The number of hydrogen-bond donors (Lipinski definition) is 1. The Morgan fingerprint density at radius 1 is 1.14 bits per heavy atom. The highest BCUT2D eigenvalue weighted by Gasteiger charge is 2.06. The molecule has 0 fully saturated rings. The highest BCUT2D eigenvalue weighted by molar-refractivity contribution is 5.94. The Morgan fingerprint density at radius 3 is 2.71 bits per heavy atom. The number of rotatable bonds is 10. The first-order valence-electron chi connectivity index (χ1n) is 9.80. The third-order valence-corrected chi connectivity index (χ3v) is 4.48. The second-order valence-electron chi connectivity index (χ2n) is 6.75. The van der Waals surface area contributed by atoms with Crippen molar-refractivity contribution in [1.29, 1.82) is 0 Å². The van der Waals surface area contributed by atoms with Crippen LogP contribution in [0.4, 0.5) is 0 Å². The quantitative estimate of drug-likeness (QED) is 0.542. The lowest BCUT2D eigenvalue weighted by atomic mass is 10.1. The molecule has 0 saturated carbocycles. The summed E-state index contributed by atoms with van der Waals surface area (Å²) in [6.45, 7) is 4.21. The third-order valence-electron chi connectivity index (χ3n) is 4.48. The van der Waals surface area contributed by atoms with Crippen LogP contribution in [0.5, 0.6) is 5.75 Å². The Hall–Kier alpha value is -3.08. The van der Waals surface area contributed by atoms with Crippen LogP contribution in [0, 0.1) is 0 Å². The molecule has 146 valence electrons. The second-order valence-corrected chi connectivity index (χ2v) is 6.75. The summed E-state index contributed by atoms with van der Waals surface area (Å²) in [6.07, 6.45) is 8.21. The lowest BCUT2D eigenvalue weighted by Crippen LogP contribution is -2.24. The topological polar surface area (TPSA) is 56.1 Å². The molecule has 1 aromatic heterocycles. The van der Waals surface area contributed by atoms with E-state index in [9.17, 15) is 4.79 Å². The van der Waals surface area contributed by atoms with Crippen LogP contribution in [0.1, 0.15) is 41.3 Å². The molecule has 0 saturated heterocycles. The van der Waals surface area contributed by atoms with Crippen molar-refractivity contribution in [2.45, 2.75) is 32.7 Å². The van der Waals surface area contributed by atoms with Crippen molar-refractivity contribution in [2.75, 3.05) is 13.2 Å². The Kier molecular flexibility index (Phi) is 7.24. The monoisotopic (exact) mass is 377 g/mol. The number of amides is 1. The summed E-state index contributed by atoms with van der Waals surface area (Å²) in [5.41, 5.74) is 3.01. The van der Waals surface area contributed by atoms with Crippen LogP contribution in [0.15, 0.2) is 67.3 Å². The number of aromatic nitrogens is 2. The van der Waals surface area contributed by atoms with E-state index in [-0.39, 0.29) is 5.91 Å². The molecule has 0 aliphatic carbocycles. The summed E-state index contributed by atoms with van der Waals surface area (Å²) in [6, 6.07) is 15.8. The molecule has 1 N–H and O–H groups in total. The first kappa shape index (κ1) is 19.7. The maximum Gasteiger partial charge on any atom is 0.251 e. The van der Waals surface area contributed by atoms with E-state index in [0.29, 0.717) is 12.1 Å². The molecule has 0 bridgehead atoms. The molecule has 0 aliphatic rings. The fourth-order valence-electron chi connectivity index (χ4n) is 3.00. The van der Waals surface area contributed by atoms with Crippen molar-refractivity contribution in [3.63, 3.8) is 0 Å². The molecule has 0 aliphatic heterocycles. The molecule has 5 heteroatoms. The van der Waals surface area contributed by atoms with Gasteiger partial charge in [0.15, 0.2) is 0 Å². The Morgan fingerprint density at radius 2 is 1.96 bits per heavy atom. The highest BCUT2D eigenvalue weighted by atomic mass is 16.5. The zero-order valence-corrected chi connectivity index (χ0v) is 16.3. The van der Waals surface area contributed by atoms with Gasteiger partial charge in [-0.2, -0.15) is 0 Å². The van der Waals surface area contributed by atoms with Gasteiger partial charge < -0.3 is 14.6 Å². The molecule has 0 atom stereocenters. The molecule has 1 amide bonds. The number of hydrogen-bond acceptors (Lipinski definition) is 3. The summed E-state index contributed by atoms with van der Waals surface area (Å²) in [7, 11) is 0. The number of ether oxygens (including phenoxy) is 1. The maximum atomic E-state index is 12.3. The maximum absolute atomic E-state index is 12.3. The van der Waals surface area contributed by atoms with Gasteiger partial charge in [0, 0.05) is 31.0 Å². The predicted octanol–water partition coefficient (Wildman–Crippen LogP) is 4.08. The Labute approximate surface area is 166 Å². The van der Waals surface area contributed by atoms with Crippen molar-refractivity contribution in [1.82, 2.24) is 14.9 Å². The van der Waals surface area contributed by atoms with Crippen LogP contribution in [-0.2, 0) is 13.0 Å². The van der Waals surface area contributed by atoms with Gasteiger partial charge in [0.25, 0.3) is 5.91 Å². The van der Waals surface area contributed by atoms with Crippen molar-refractivity contribution >= 4 is 5.91 Å². The van der Waals surface area contributed by atoms with Gasteiger partial charge in [-0.1, -0.05) is 37.3 Å². The normalized spacial score (nSPS) is 10.6. The van der Waals surface area contributed by atoms with Crippen LogP contribution in [0.3, 0.4) is 0 Å². The third kappa shape index (κ3) is 5.71. The lowest BCUT2D eigenvalue weighted by molar-refractivity contribution is 0.0953. The molecule has 3 aromatic rings. The number of carbonyl (C=O) groups excluding carboxylic acids is 1. The van der Waals surface area contributed by atoms with Crippen LogP contribution in [0.2, 0.25) is 0 Å². The standard InChI is InChI=1S/C23H27N3O2/c1-2-16-28-22-8-4-3-6-20(22)7-5-13-25-23(27)21-11-9-19(10-12-21)17-26-15-14-24-18-26/h3-4,6,8-12,14-15,18H,2,5,7,13,16-17H2,1H3,(H,25,27). The average Bonchev–Trinajstić information content (AvgIpc) is 3.24. The number of nitrogens with one attached hydrogen (secondary N) is 1. The van der Waals surface area contributed by atoms with E-state index in [0.717, 1.165) is 43.7 Å². The number of aryl methyl sites for hydroxylation is 1. The number of carbonyl (C=O) groups is 1. The van der Waals surface area contributed by atoms with Crippen LogP contribution >= 0.6 is 0 Å². The van der Waals surface area contributed by atoms with E-state index in [1.165, 1.54) is 5.56 Å². The fourth-order valence-corrected chi connectivity index (χ4v) is 3.00. The number of imidazole rings is 1. The van der Waals surface area contributed by atoms with Gasteiger partial charge in [0.1, 0.15) is 5.75 Å². The zero-order chi connectivity index (χ0) is 19.6. The van der Waals surface area contributed by atoms with Gasteiger partial charge in [-0.05, 0) is 48.6 Å². The summed E-state index contributed by atoms with van der Waals surface area (Å²) >= 11 is 0. The highest BCUT2D eigenvalue weighted by Crippen LogP contribution is 2.19. The molecular formula is C23H27N3O2. The lowest BCUT2D eigenvalue weighted by Gasteiger charge is -2.11. The predicted molar refractivity (Wildman–Crippen MR) is 111 cm³/mol. The first-order valence-corrected chi connectivity index (χ1v) is 9.80. The van der Waals surface area contributed by atoms with Crippen molar-refractivity contribution in [3.05, 3.63) is 83.9 Å². The molecule has 0 spiro atoms. The fraction of sp³-hybridized carbons (Fsp3) is 0.304. The smallest absolute Gasteiger partial charge is 0.251 e. The van der Waals surface area contributed by atoms with Gasteiger partial charge >= 0.3 is 0 Å². The average molecular weight is 377 g/mol. The van der Waals surface area contributed by atoms with E-state index in [1.807, 2.05) is 53.2 Å². The molecule has 28 heavy (non-hydrogen) atoms. The van der Waals surface area contributed by atoms with Crippen molar-refractivity contribution in [2.24, 2.45) is 0 Å². The van der Waals surface area contributed by atoms with Crippen molar-refractivity contribution < 1.29 is 9.53 Å². The summed E-state index contributed by atoms with van der Waals surface area (Å²) in [5, 5.41) is 3.00. The molecule has 0 radical (unpaired) electrons. The van der Waals surface area contributed by atoms with Crippen LogP contribution < -0.4 is 10.1 Å². The van der Waals surface area contributed by atoms with Crippen molar-refractivity contribution in [3.8, 4) is 5.75 Å². The van der Waals surface area contributed by atoms with E-state index in [1.54, 1.807) is 12.5 Å². The minimum atomic E-state index is -0.0373. The van der Waals surface area contributed by atoms with Gasteiger partial charge in [-0.25, -0.2) is 4.98 Å². The Balaban J connectivity index is 1.44. The minimum absolute atomic E-state index is 0.0373. The number of para-hydroxylation sites is 1. The number of nitrogens with zero attached hydrogens (tertiary/aromatic N) is 2. The summed E-state index contributed by atoms with van der Waals surface area (Å²) in [5.74, 6) is 0.911. The minimum Gasteiger partial charge on any atom is -0.493 e. The SMILES string of the molecule is CCCOc1ccccc1CCCNC(=O)c1ccc(Cn2ccnc2)cc1. The van der Waals surface area contributed by atoms with E-state index in [4.69, 9.17) is 4.74 Å².